The molecule has 0 aromatic carbocycles. The zero-order valence-corrected chi connectivity index (χ0v) is 9.87. The summed E-state index contributed by atoms with van der Waals surface area (Å²) in [7, 11) is 0. The van der Waals surface area contributed by atoms with Crippen LogP contribution in [0.15, 0.2) is 0 Å². The van der Waals surface area contributed by atoms with Gasteiger partial charge in [-0.3, -0.25) is 4.79 Å². The number of piperidine rings is 1. The molecule has 2 fully saturated rings. The Labute approximate surface area is 97.3 Å². The SMILES string of the molecule is C#C.CCN1CC2(CCNCC2)OCC1=O. The number of nitrogens with one attached hydrogen (secondary N) is 1. The van der Waals surface area contributed by atoms with Crippen LogP contribution >= 0.6 is 0 Å². The van der Waals surface area contributed by atoms with Gasteiger partial charge in [-0.05, 0) is 32.9 Å². The Morgan fingerprint density at radius 3 is 2.62 bits per heavy atom. The number of hydrogen-bond acceptors (Lipinski definition) is 3. The van der Waals surface area contributed by atoms with Crippen LogP contribution in [0.3, 0.4) is 0 Å². The number of nitrogens with zero attached hydrogens (tertiary/aromatic N) is 1. The van der Waals surface area contributed by atoms with E-state index in [0.29, 0.717) is 0 Å². The standard InChI is InChI=1S/C10H18N2O2.C2H2/c1-2-12-8-10(14-7-9(12)13)3-5-11-6-4-10;1-2/h11H,2-8H2,1H3;1-2H. The van der Waals surface area contributed by atoms with E-state index in [1.54, 1.807) is 0 Å². The van der Waals surface area contributed by atoms with Gasteiger partial charge < -0.3 is 15.0 Å². The van der Waals surface area contributed by atoms with Gasteiger partial charge in [0.2, 0.25) is 5.91 Å². The van der Waals surface area contributed by atoms with Gasteiger partial charge in [-0.25, -0.2) is 0 Å². The Morgan fingerprint density at radius 1 is 1.44 bits per heavy atom. The topological polar surface area (TPSA) is 41.6 Å². The van der Waals surface area contributed by atoms with E-state index in [1.165, 1.54) is 0 Å². The minimum absolute atomic E-state index is 0.0465. The quantitative estimate of drug-likeness (QED) is 0.649. The summed E-state index contributed by atoms with van der Waals surface area (Å²) in [6.45, 7) is 5.89. The molecule has 0 aromatic rings. The van der Waals surface area contributed by atoms with E-state index in [-0.39, 0.29) is 18.1 Å². The fourth-order valence-electron chi connectivity index (χ4n) is 2.26. The molecule has 4 heteroatoms. The van der Waals surface area contributed by atoms with Crippen LogP contribution in [-0.4, -0.2) is 49.2 Å². The van der Waals surface area contributed by atoms with Gasteiger partial charge in [0.05, 0.1) is 5.60 Å². The zero-order valence-electron chi connectivity index (χ0n) is 9.87. The molecule has 0 aliphatic carbocycles. The van der Waals surface area contributed by atoms with Crippen LogP contribution in [0, 0.1) is 12.8 Å². The molecule has 0 radical (unpaired) electrons. The molecule has 4 nitrogen and oxygen atoms in total. The Bertz CT molecular complexity index is 257. The van der Waals surface area contributed by atoms with Crippen LogP contribution in [0.5, 0.6) is 0 Å². The number of likely N-dealkylation sites (N-methyl/N-ethyl adjacent to an activating group) is 1. The van der Waals surface area contributed by atoms with E-state index in [1.807, 2.05) is 11.8 Å². The molecule has 90 valence electrons. The van der Waals surface area contributed by atoms with Crippen molar-refractivity contribution in [3.8, 4) is 12.8 Å². The maximum Gasteiger partial charge on any atom is 0.248 e. The summed E-state index contributed by atoms with van der Waals surface area (Å²) in [5.74, 6) is 0.136. The fourth-order valence-corrected chi connectivity index (χ4v) is 2.26. The Hall–Kier alpha value is -1.05. The second-order valence-electron chi connectivity index (χ2n) is 4.13. The van der Waals surface area contributed by atoms with E-state index in [9.17, 15) is 4.79 Å². The third-order valence-electron chi connectivity index (χ3n) is 3.23. The Morgan fingerprint density at radius 2 is 2.06 bits per heavy atom. The van der Waals surface area contributed by atoms with Gasteiger partial charge in [-0.15, -0.1) is 12.8 Å². The molecular weight excluding hydrogens is 204 g/mol. The van der Waals surface area contributed by atoms with Gasteiger partial charge in [0.25, 0.3) is 0 Å². The average molecular weight is 224 g/mol. The van der Waals surface area contributed by atoms with E-state index in [0.717, 1.165) is 39.0 Å². The molecule has 1 spiro atoms. The molecule has 1 N–H and O–H groups in total. The molecule has 16 heavy (non-hydrogen) atoms. The van der Waals surface area contributed by atoms with Gasteiger partial charge in [-0.2, -0.15) is 0 Å². The number of hydrogen-bond donors (Lipinski definition) is 1. The first kappa shape index (κ1) is 13.0. The van der Waals surface area contributed by atoms with Gasteiger partial charge in [0.1, 0.15) is 6.61 Å². The summed E-state index contributed by atoms with van der Waals surface area (Å²) in [6, 6.07) is 0. The molecule has 2 aliphatic rings. The monoisotopic (exact) mass is 224 g/mol. The molecular formula is C12H20N2O2. The number of ether oxygens (including phenoxy) is 1. The molecule has 2 saturated heterocycles. The Kier molecular flexibility index (Phi) is 4.78. The second-order valence-corrected chi connectivity index (χ2v) is 4.13. The van der Waals surface area contributed by atoms with Crippen molar-refractivity contribution < 1.29 is 9.53 Å². The van der Waals surface area contributed by atoms with Crippen molar-refractivity contribution in [3.05, 3.63) is 0 Å². The van der Waals surface area contributed by atoms with Gasteiger partial charge in [0.15, 0.2) is 0 Å². The molecule has 1 amide bonds. The number of morpholine rings is 1. The van der Waals surface area contributed by atoms with Crippen molar-refractivity contribution in [3.63, 3.8) is 0 Å². The van der Waals surface area contributed by atoms with Crippen molar-refractivity contribution >= 4 is 5.91 Å². The molecule has 0 saturated carbocycles. The maximum absolute atomic E-state index is 11.4. The van der Waals surface area contributed by atoms with Crippen molar-refractivity contribution in [2.45, 2.75) is 25.4 Å². The molecule has 2 aliphatic heterocycles. The van der Waals surface area contributed by atoms with Crippen LogP contribution in [0.25, 0.3) is 0 Å². The first-order chi connectivity index (χ1) is 7.76. The number of carbonyl (C=O) groups excluding carboxylic acids is 1. The Balaban J connectivity index is 0.000000606. The third-order valence-corrected chi connectivity index (χ3v) is 3.23. The van der Waals surface area contributed by atoms with Crippen LogP contribution in [-0.2, 0) is 9.53 Å². The highest BCUT2D eigenvalue weighted by Crippen LogP contribution is 2.27. The zero-order chi connectivity index (χ0) is 12.0. The van der Waals surface area contributed by atoms with Crippen LogP contribution in [0.4, 0.5) is 0 Å². The van der Waals surface area contributed by atoms with E-state index in [2.05, 4.69) is 18.2 Å². The predicted molar refractivity (Wildman–Crippen MR) is 62.9 cm³/mol. The highest BCUT2D eigenvalue weighted by molar-refractivity contribution is 5.78. The number of terminal acetylenes is 1. The predicted octanol–water partition coefficient (Wildman–Crippen LogP) is 0.237. The lowest BCUT2D eigenvalue weighted by molar-refractivity contribution is -0.167. The van der Waals surface area contributed by atoms with Crippen molar-refractivity contribution in [1.82, 2.24) is 10.2 Å². The van der Waals surface area contributed by atoms with Crippen LogP contribution in [0.2, 0.25) is 0 Å². The lowest BCUT2D eigenvalue weighted by Gasteiger charge is -2.44. The van der Waals surface area contributed by atoms with E-state index < -0.39 is 0 Å². The van der Waals surface area contributed by atoms with Crippen LogP contribution < -0.4 is 5.32 Å². The average Bonchev–Trinajstić information content (AvgIpc) is 2.36. The van der Waals surface area contributed by atoms with Crippen molar-refractivity contribution in [2.75, 3.05) is 32.8 Å². The highest BCUT2D eigenvalue weighted by atomic mass is 16.5. The largest absolute Gasteiger partial charge is 0.363 e. The number of carbonyl (C=O) groups is 1. The van der Waals surface area contributed by atoms with Crippen molar-refractivity contribution in [1.29, 1.82) is 0 Å². The molecule has 0 atom stereocenters. The van der Waals surface area contributed by atoms with E-state index >= 15 is 0 Å². The summed E-state index contributed by atoms with van der Waals surface area (Å²) < 4.78 is 5.72. The normalized spacial score (nSPS) is 23.7. The number of amides is 1. The minimum atomic E-state index is -0.0465. The smallest absolute Gasteiger partial charge is 0.248 e. The first-order valence-electron chi connectivity index (χ1n) is 5.71. The summed E-state index contributed by atoms with van der Waals surface area (Å²) in [5.41, 5.74) is -0.0465. The van der Waals surface area contributed by atoms with Gasteiger partial charge in [0, 0.05) is 13.1 Å². The molecule has 2 rings (SSSR count). The lowest BCUT2D eigenvalue weighted by Crippen LogP contribution is -2.58. The molecule has 0 bridgehead atoms. The molecule has 0 unspecified atom stereocenters. The van der Waals surface area contributed by atoms with Gasteiger partial charge >= 0.3 is 0 Å². The molecule has 2 heterocycles. The second kappa shape index (κ2) is 5.88. The van der Waals surface area contributed by atoms with Crippen LogP contribution in [0.1, 0.15) is 19.8 Å². The summed E-state index contributed by atoms with van der Waals surface area (Å²) in [5, 5.41) is 3.32. The third kappa shape index (κ3) is 2.75. The fraction of sp³-hybridized carbons (Fsp3) is 0.750. The van der Waals surface area contributed by atoms with Crippen molar-refractivity contribution in [2.24, 2.45) is 0 Å². The molecule has 0 aromatic heterocycles. The van der Waals surface area contributed by atoms with E-state index in [4.69, 9.17) is 4.74 Å². The summed E-state index contributed by atoms with van der Waals surface area (Å²) in [6.07, 6.45) is 10.0. The lowest BCUT2D eigenvalue weighted by atomic mass is 9.90. The summed E-state index contributed by atoms with van der Waals surface area (Å²) in [4.78, 5) is 13.3. The summed E-state index contributed by atoms with van der Waals surface area (Å²) >= 11 is 0. The maximum atomic E-state index is 11.4. The minimum Gasteiger partial charge on any atom is -0.363 e. The number of rotatable bonds is 1. The van der Waals surface area contributed by atoms with Gasteiger partial charge in [-0.1, -0.05) is 0 Å². The first-order valence-corrected chi connectivity index (χ1v) is 5.71. The highest BCUT2D eigenvalue weighted by Gasteiger charge is 2.39.